The topological polar surface area (TPSA) is 81.4 Å². The Morgan fingerprint density at radius 3 is 2.74 bits per heavy atom. The number of benzene rings is 1. The third kappa shape index (κ3) is 5.55. The summed E-state index contributed by atoms with van der Waals surface area (Å²) in [5, 5.41) is 7.78. The van der Waals surface area contributed by atoms with Crippen LogP contribution in [0.25, 0.3) is 0 Å². The van der Waals surface area contributed by atoms with Crippen LogP contribution in [0.2, 0.25) is 0 Å². The van der Waals surface area contributed by atoms with Crippen LogP contribution in [0.15, 0.2) is 29.1 Å². The number of likely N-dealkylation sites (tertiary alicyclic amines) is 1. The van der Waals surface area contributed by atoms with E-state index in [-0.39, 0.29) is 17.6 Å². The average molecular weight is 428 g/mol. The molecule has 1 amide bonds. The van der Waals surface area contributed by atoms with Gasteiger partial charge in [0.1, 0.15) is 11.6 Å². The summed E-state index contributed by atoms with van der Waals surface area (Å²) in [6, 6.07) is 7.78. The summed E-state index contributed by atoms with van der Waals surface area (Å²) >= 11 is 0. The molecule has 2 aliphatic heterocycles. The van der Waals surface area contributed by atoms with Crippen LogP contribution < -0.4 is 15.7 Å². The number of methoxy groups -OCH3 is 1. The maximum Gasteiger partial charge on any atom is 0.346 e. The van der Waals surface area contributed by atoms with E-state index in [0.717, 1.165) is 43.1 Å². The lowest BCUT2D eigenvalue weighted by molar-refractivity contribution is -0.123. The van der Waals surface area contributed by atoms with Crippen molar-refractivity contribution < 1.29 is 9.53 Å². The van der Waals surface area contributed by atoms with Gasteiger partial charge in [0.15, 0.2) is 0 Å². The Morgan fingerprint density at radius 1 is 1.16 bits per heavy atom. The maximum absolute atomic E-state index is 12.9. The summed E-state index contributed by atoms with van der Waals surface area (Å²) in [7, 11) is 1.63. The van der Waals surface area contributed by atoms with Gasteiger partial charge >= 0.3 is 5.69 Å². The van der Waals surface area contributed by atoms with E-state index in [0.29, 0.717) is 26.1 Å². The van der Waals surface area contributed by atoms with Crippen LogP contribution in [0.3, 0.4) is 0 Å². The monoisotopic (exact) mass is 427 g/mol. The molecule has 3 heterocycles. The van der Waals surface area contributed by atoms with Crippen molar-refractivity contribution in [3.05, 3.63) is 46.1 Å². The molecule has 168 valence electrons. The number of hydrogen-bond acceptors (Lipinski definition) is 5. The zero-order chi connectivity index (χ0) is 21.6. The highest BCUT2D eigenvalue weighted by Gasteiger charge is 2.23. The van der Waals surface area contributed by atoms with Gasteiger partial charge in [-0.3, -0.25) is 14.3 Å². The molecular formula is C23H33N5O3. The summed E-state index contributed by atoms with van der Waals surface area (Å²) in [6.45, 7) is 3.52. The standard InChI is InChI=1S/C23H33N5O3/c1-31-20-8-6-7-18(15-20)16-28-23(30)27-14-11-19(9-10-21(27)25-28)24-22(29)17-26-12-4-2-3-5-13-26/h6-8,15,19H,2-5,9-14,16-17H2,1H3,(H,24,29). The fourth-order valence-corrected chi connectivity index (χ4v) is 4.59. The lowest BCUT2D eigenvalue weighted by Gasteiger charge is -2.22. The largest absolute Gasteiger partial charge is 0.497 e. The fraction of sp³-hybridized carbons (Fsp3) is 0.609. The van der Waals surface area contributed by atoms with Crippen molar-refractivity contribution >= 4 is 5.91 Å². The number of ether oxygens (including phenoxy) is 1. The Bertz CT molecular complexity index is 943. The molecule has 31 heavy (non-hydrogen) atoms. The van der Waals surface area contributed by atoms with Crippen molar-refractivity contribution in [2.45, 2.75) is 64.1 Å². The molecule has 1 fully saturated rings. The molecule has 1 atom stereocenters. The van der Waals surface area contributed by atoms with E-state index in [4.69, 9.17) is 4.74 Å². The molecule has 2 aromatic rings. The minimum Gasteiger partial charge on any atom is -0.497 e. The molecule has 0 spiro atoms. The molecule has 2 aliphatic rings. The highest BCUT2D eigenvalue weighted by atomic mass is 16.5. The van der Waals surface area contributed by atoms with E-state index in [1.54, 1.807) is 11.7 Å². The predicted octanol–water partition coefficient (Wildman–Crippen LogP) is 1.80. The number of aromatic nitrogens is 3. The minimum absolute atomic E-state index is 0.0886. The maximum atomic E-state index is 12.9. The van der Waals surface area contributed by atoms with Crippen LogP contribution in [-0.2, 0) is 24.3 Å². The lowest BCUT2D eigenvalue weighted by Crippen LogP contribution is -2.42. The summed E-state index contributed by atoms with van der Waals surface area (Å²) in [5.41, 5.74) is 0.891. The Balaban J connectivity index is 1.34. The van der Waals surface area contributed by atoms with Gasteiger partial charge < -0.3 is 10.1 Å². The third-order valence-corrected chi connectivity index (χ3v) is 6.31. The molecule has 1 aromatic carbocycles. The first kappa shape index (κ1) is 21.6. The molecule has 0 bridgehead atoms. The number of carbonyl (C=O) groups is 1. The van der Waals surface area contributed by atoms with Crippen molar-refractivity contribution in [1.29, 1.82) is 0 Å². The summed E-state index contributed by atoms with van der Waals surface area (Å²) in [4.78, 5) is 27.7. The first-order valence-corrected chi connectivity index (χ1v) is 11.4. The molecule has 1 aromatic heterocycles. The Labute approximate surface area is 183 Å². The number of fused-ring (bicyclic) bond motifs is 1. The number of carbonyl (C=O) groups excluding carboxylic acids is 1. The van der Waals surface area contributed by atoms with Gasteiger partial charge in [-0.05, 0) is 56.5 Å². The smallest absolute Gasteiger partial charge is 0.346 e. The van der Waals surface area contributed by atoms with Crippen molar-refractivity contribution in [3.63, 3.8) is 0 Å². The molecule has 0 radical (unpaired) electrons. The van der Waals surface area contributed by atoms with E-state index in [1.165, 1.54) is 30.4 Å². The second-order valence-corrected chi connectivity index (χ2v) is 8.64. The van der Waals surface area contributed by atoms with Crippen molar-refractivity contribution in [2.75, 3.05) is 26.7 Å². The summed E-state index contributed by atoms with van der Waals surface area (Å²) in [6.07, 6.45) is 7.14. The van der Waals surface area contributed by atoms with E-state index in [9.17, 15) is 9.59 Å². The molecule has 1 saturated heterocycles. The molecule has 4 rings (SSSR count). The van der Waals surface area contributed by atoms with E-state index in [2.05, 4.69) is 15.3 Å². The van der Waals surface area contributed by atoms with Gasteiger partial charge in [0.2, 0.25) is 5.91 Å². The molecule has 0 aliphatic carbocycles. The van der Waals surface area contributed by atoms with Crippen molar-refractivity contribution in [2.24, 2.45) is 0 Å². The Hall–Kier alpha value is -2.61. The van der Waals surface area contributed by atoms with Crippen LogP contribution in [-0.4, -0.2) is 57.9 Å². The van der Waals surface area contributed by atoms with Gasteiger partial charge in [0.05, 0.1) is 20.2 Å². The first-order chi connectivity index (χ1) is 15.1. The summed E-state index contributed by atoms with van der Waals surface area (Å²) < 4.78 is 8.56. The quantitative estimate of drug-likeness (QED) is 0.760. The number of nitrogens with zero attached hydrogens (tertiary/aromatic N) is 4. The lowest BCUT2D eigenvalue weighted by atomic mass is 10.1. The number of hydrogen-bond donors (Lipinski definition) is 1. The second kappa shape index (κ2) is 10.1. The van der Waals surface area contributed by atoms with Crippen molar-refractivity contribution in [1.82, 2.24) is 24.6 Å². The van der Waals surface area contributed by atoms with Crippen molar-refractivity contribution in [3.8, 4) is 5.75 Å². The Morgan fingerprint density at radius 2 is 1.97 bits per heavy atom. The highest BCUT2D eigenvalue weighted by Crippen LogP contribution is 2.15. The Kier molecular flexibility index (Phi) is 7.06. The van der Waals surface area contributed by atoms with Crippen LogP contribution in [0, 0.1) is 0 Å². The molecule has 1 unspecified atom stereocenters. The SMILES string of the molecule is COc1cccc(Cn2nc3n(c2=O)CCC(NC(=O)CN2CCCCCC2)CC3)c1. The summed E-state index contributed by atoms with van der Waals surface area (Å²) in [5.74, 6) is 1.67. The molecule has 8 heteroatoms. The number of nitrogens with one attached hydrogen (secondary N) is 1. The van der Waals surface area contributed by atoms with Crippen LogP contribution in [0.5, 0.6) is 5.75 Å². The van der Waals surface area contributed by atoms with Gasteiger partial charge in [-0.25, -0.2) is 9.48 Å². The second-order valence-electron chi connectivity index (χ2n) is 8.64. The molecule has 0 saturated carbocycles. The molecule has 8 nitrogen and oxygen atoms in total. The van der Waals surface area contributed by atoms with Gasteiger partial charge in [0, 0.05) is 19.0 Å². The zero-order valence-corrected chi connectivity index (χ0v) is 18.4. The number of amides is 1. The fourth-order valence-electron chi connectivity index (χ4n) is 4.59. The van der Waals surface area contributed by atoms with E-state index >= 15 is 0 Å². The predicted molar refractivity (Wildman–Crippen MR) is 118 cm³/mol. The molecule has 1 N–H and O–H groups in total. The van der Waals surface area contributed by atoms with Gasteiger partial charge in [-0.1, -0.05) is 25.0 Å². The van der Waals surface area contributed by atoms with Gasteiger partial charge in [-0.2, -0.15) is 5.10 Å². The average Bonchev–Trinajstić information content (AvgIpc) is 2.98. The van der Waals surface area contributed by atoms with Crippen LogP contribution >= 0.6 is 0 Å². The number of aryl methyl sites for hydroxylation is 1. The van der Waals surface area contributed by atoms with E-state index < -0.39 is 0 Å². The normalized spacial score (nSPS) is 19.8. The minimum atomic E-state index is -0.0886. The first-order valence-electron chi connectivity index (χ1n) is 11.4. The molecular weight excluding hydrogens is 394 g/mol. The van der Waals surface area contributed by atoms with Crippen LogP contribution in [0.1, 0.15) is 49.9 Å². The zero-order valence-electron chi connectivity index (χ0n) is 18.4. The van der Waals surface area contributed by atoms with Crippen LogP contribution in [0.4, 0.5) is 0 Å². The third-order valence-electron chi connectivity index (χ3n) is 6.31. The number of rotatable bonds is 6. The van der Waals surface area contributed by atoms with Gasteiger partial charge in [0.25, 0.3) is 0 Å². The van der Waals surface area contributed by atoms with E-state index in [1.807, 2.05) is 24.3 Å². The van der Waals surface area contributed by atoms with Gasteiger partial charge in [-0.15, -0.1) is 0 Å². The highest BCUT2D eigenvalue weighted by molar-refractivity contribution is 5.78.